The van der Waals surface area contributed by atoms with Gasteiger partial charge in [0.2, 0.25) is 0 Å². The van der Waals surface area contributed by atoms with Gasteiger partial charge in [-0.2, -0.15) is 0 Å². The van der Waals surface area contributed by atoms with Crippen molar-refractivity contribution in [2.75, 3.05) is 7.11 Å². The number of aliphatic hydroxyl groups is 1. The van der Waals surface area contributed by atoms with Crippen molar-refractivity contribution in [1.82, 2.24) is 5.32 Å². The number of methoxy groups -OCH3 is 1. The summed E-state index contributed by atoms with van der Waals surface area (Å²) in [6.45, 7) is 5.35. The lowest BCUT2D eigenvalue weighted by Gasteiger charge is -2.20. The number of amides is 1. The predicted molar refractivity (Wildman–Crippen MR) is 83.1 cm³/mol. The maximum absolute atomic E-state index is 12.2. The van der Waals surface area contributed by atoms with Crippen LogP contribution in [0.15, 0.2) is 34.7 Å². The number of benzene rings is 1. The van der Waals surface area contributed by atoms with Gasteiger partial charge in [0.1, 0.15) is 11.5 Å². The van der Waals surface area contributed by atoms with Crippen molar-refractivity contribution in [1.29, 1.82) is 0 Å². The second kappa shape index (κ2) is 6.66. The summed E-state index contributed by atoms with van der Waals surface area (Å²) < 4.78 is 10.5. The van der Waals surface area contributed by atoms with Crippen LogP contribution in [0.3, 0.4) is 0 Å². The monoisotopic (exact) mass is 303 g/mol. The van der Waals surface area contributed by atoms with E-state index >= 15 is 0 Å². The molecule has 0 spiro atoms. The standard InChI is InChI=1S/C17H21NO4/c1-10-9-11(2)22-16(10)17(20)18-12(3)15(19)13-5-7-14(21-4)8-6-13/h5-9,12,15,19H,1-4H3,(H,18,20). The quantitative estimate of drug-likeness (QED) is 0.891. The van der Waals surface area contributed by atoms with Crippen LogP contribution in [0.25, 0.3) is 0 Å². The average molecular weight is 303 g/mol. The summed E-state index contributed by atoms with van der Waals surface area (Å²) in [5.74, 6) is 1.36. The zero-order valence-electron chi connectivity index (χ0n) is 13.2. The molecule has 2 atom stereocenters. The number of hydrogen-bond acceptors (Lipinski definition) is 4. The zero-order chi connectivity index (χ0) is 16.3. The van der Waals surface area contributed by atoms with Crippen LogP contribution in [-0.4, -0.2) is 24.2 Å². The number of carbonyl (C=O) groups is 1. The van der Waals surface area contributed by atoms with Crippen molar-refractivity contribution in [3.05, 3.63) is 53.0 Å². The minimum Gasteiger partial charge on any atom is -0.497 e. The average Bonchev–Trinajstić information content (AvgIpc) is 2.85. The topological polar surface area (TPSA) is 71.7 Å². The first-order valence-electron chi connectivity index (χ1n) is 7.12. The third-order valence-electron chi connectivity index (χ3n) is 3.54. The molecule has 2 unspecified atom stereocenters. The Morgan fingerprint density at radius 3 is 2.41 bits per heavy atom. The molecule has 2 aromatic rings. The van der Waals surface area contributed by atoms with Crippen LogP contribution >= 0.6 is 0 Å². The molecule has 2 N–H and O–H groups in total. The molecule has 0 saturated heterocycles. The summed E-state index contributed by atoms with van der Waals surface area (Å²) in [6.07, 6.45) is -0.814. The normalized spacial score (nSPS) is 13.5. The van der Waals surface area contributed by atoms with Crippen molar-refractivity contribution in [2.24, 2.45) is 0 Å². The fourth-order valence-electron chi connectivity index (χ4n) is 2.31. The molecule has 0 aliphatic heterocycles. The third-order valence-corrected chi connectivity index (χ3v) is 3.54. The highest BCUT2D eigenvalue weighted by Crippen LogP contribution is 2.21. The Kier molecular flexibility index (Phi) is 4.88. The van der Waals surface area contributed by atoms with Gasteiger partial charge in [-0.3, -0.25) is 4.79 Å². The minimum atomic E-state index is -0.814. The van der Waals surface area contributed by atoms with Gasteiger partial charge >= 0.3 is 0 Å². The molecule has 1 amide bonds. The Hall–Kier alpha value is -2.27. The van der Waals surface area contributed by atoms with Crippen molar-refractivity contribution in [3.63, 3.8) is 0 Å². The fourth-order valence-corrected chi connectivity index (χ4v) is 2.31. The largest absolute Gasteiger partial charge is 0.497 e. The Labute approximate surface area is 129 Å². The van der Waals surface area contributed by atoms with Crippen LogP contribution in [-0.2, 0) is 0 Å². The van der Waals surface area contributed by atoms with Crippen LogP contribution in [0, 0.1) is 13.8 Å². The first-order chi connectivity index (χ1) is 10.4. The fraction of sp³-hybridized carbons (Fsp3) is 0.353. The number of furan rings is 1. The molecular weight excluding hydrogens is 282 g/mol. The van der Waals surface area contributed by atoms with Crippen LogP contribution in [0.4, 0.5) is 0 Å². The van der Waals surface area contributed by atoms with Crippen LogP contribution in [0.1, 0.15) is 40.5 Å². The first-order valence-corrected chi connectivity index (χ1v) is 7.12. The van der Waals surface area contributed by atoms with E-state index in [2.05, 4.69) is 5.32 Å². The molecule has 118 valence electrons. The summed E-state index contributed by atoms with van der Waals surface area (Å²) in [5, 5.41) is 13.1. The maximum Gasteiger partial charge on any atom is 0.287 e. The highest BCUT2D eigenvalue weighted by molar-refractivity contribution is 5.93. The smallest absolute Gasteiger partial charge is 0.287 e. The number of nitrogens with one attached hydrogen (secondary N) is 1. The van der Waals surface area contributed by atoms with Gasteiger partial charge in [-0.05, 0) is 44.5 Å². The van der Waals surface area contributed by atoms with Crippen molar-refractivity contribution < 1.29 is 19.1 Å². The maximum atomic E-state index is 12.2. The molecule has 0 fully saturated rings. The second-order valence-corrected chi connectivity index (χ2v) is 5.35. The minimum absolute atomic E-state index is 0.284. The van der Waals surface area contributed by atoms with Gasteiger partial charge in [-0.25, -0.2) is 0 Å². The molecule has 0 bridgehead atoms. The molecule has 1 heterocycles. The van der Waals surface area contributed by atoms with E-state index in [4.69, 9.17) is 9.15 Å². The van der Waals surface area contributed by atoms with Gasteiger partial charge in [0.15, 0.2) is 5.76 Å². The van der Waals surface area contributed by atoms with Gasteiger partial charge in [0.25, 0.3) is 5.91 Å². The first kappa shape index (κ1) is 16.1. The van der Waals surface area contributed by atoms with Crippen LogP contribution in [0.5, 0.6) is 5.75 Å². The SMILES string of the molecule is COc1ccc(C(O)C(C)NC(=O)c2oc(C)cc2C)cc1. The van der Waals surface area contributed by atoms with Crippen molar-refractivity contribution in [3.8, 4) is 5.75 Å². The molecule has 0 radical (unpaired) electrons. The Morgan fingerprint density at radius 2 is 1.91 bits per heavy atom. The van der Waals surface area contributed by atoms with E-state index in [1.165, 1.54) is 0 Å². The molecule has 0 aliphatic carbocycles. The van der Waals surface area contributed by atoms with Gasteiger partial charge in [-0.1, -0.05) is 12.1 Å². The number of aryl methyl sites for hydroxylation is 2. The second-order valence-electron chi connectivity index (χ2n) is 5.35. The summed E-state index contributed by atoms with van der Waals surface area (Å²) in [6, 6.07) is 8.44. The molecule has 0 aliphatic rings. The molecule has 2 rings (SSSR count). The number of hydrogen-bond donors (Lipinski definition) is 2. The lowest BCUT2D eigenvalue weighted by atomic mass is 10.0. The van der Waals surface area contributed by atoms with Gasteiger partial charge in [0.05, 0.1) is 19.3 Å². The molecule has 22 heavy (non-hydrogen) atoms. The number of carbonyl (C=O) groups excluding carboxylic acids is 1. The zero-order valence-corrected chi connectivity index (χ0v) is 13.2. The Morgan fingerprint density at radius 1 is 1.27 bits per heavy atom. The predicted octanol–water partition coefficient (Wildman–Crippen LogP) is 2.76. The van der Waals surface area contributed by atoms with E-state index in [1.807, 2.05) is 6.92 Å². The van der Waals surface area contributed by atoms with Gasteiger partial charge < -0.3 is 19.6 Å². The molecule has 0 saturated carbocycles. The van der Waals surface area contributed by atoms with E-state index in [-0.39, 0.29) is 11.7 Å². The molecule has 1 aromatic carbocycles. The van der Waals surface area contributed by atoms with Crippen molar-refractivity contribution in [2.45, 2.75) is 32.9 Å². The van der Waals surface area contributed by atoms with E-state index in [9.17, 15) is 9.90 Å². The Balaban J connectivity index is 2.05. The highest BCUT2D eigenvalue weighted by Gasteiger charge is 2.22. The lowest BCUT2D eigenvalue weighted by Crippen LogP contribution is -2.37. The van der Waals surface area contributed by atoms with E-state index in [1.54, 1.807) is 51.3 Å². The van der Waals surface area contributed by atoms with Crippen LogP contribution < -0.4 is 10.1 Å². The van der Waals surface area contributed by atoms with E-state index < -0.39 is 12.1 Å². The van der Waals surface area contributed by atoms with Gasteiger partial charge in [0, 0.05) is 5.56 Å². The summed E-state index contributed by atoms with van der Waals surface area (Å²) in [7, 11) is 1.59. The van der Waals surface area contributed by atoms with Crippen LogP contribution in [0.2, 0.25) is 0 Å². The van der Waals surface area contributed by atoms with Gasteiger partial charge in [-0.15, -0.1) is 0 Å². The molecule has 5 heteroatoms. The van der Waals surface area contributed by atoms with Crippen molar-refractivity contribution >= 4 is 5.91 Å². The number of rotatable bonds is 5. The lowest BCUT2D eigenvalue weighted by molar-refractivity contribution is 0.0824. The van der Waals surface area contributed by atoms with E-state index in [0.29, 0.717) is 17.1 Å². The number of aliphatic hydroxyl groups excluding tert-OH is 1. The third kappa shape index (κ3) is 3.49. The van der Waals surface area contributed by atoms with E-state index in [0.717, 1.165) is 5.56 Å². The Bertz CT molecular complexity index is 645. The number of ether oxygens (including phenoxy) is 1. The summed E-state index contributed by atoms with van der Waals surface area (Å²) in [5.41, 5.74) is 1.49. The summed E-state index contributed by atoms with van der Waals surface area (Å²) >= 11 is 0. The molecular formula is C17H21NO4. The molecule has 5 nitrogen and oxygen atoms in total. The molecule has 1 aromatic heterocycles. The highest BCUT2D eigenvalue weighted by atomic mass is 16.5. The summed E-state index contributed by atoms with van der Waals surface area (Å²) in [4.78, 5) is 12.2.